The van der Waals surface area contributed by atoms with Crippen LogP contribution in [0.3, 0.4) is 0 Å². The van der Waals surface area contributed by atoms with Gasteiger partial charge >= 0.3 is 0 Å². The Kier molecular flexibility index (Phi) is 3.07. The van der Waals surface area contributed by atoms with Gasteiger partial charge in [-0.3, -0.25) is 9.20 Å². The van der Waals surface area contributed by atoms with Crippen molar-refractivity contribution in [2.75, 3.05) is 5.32 Å². The number of rotatable bonds is 3. The molecule has 0 aromatic carbocycles. The number of anilines is 1. The van der Waals surface area contributed by atoms with Crippen LogP contribution in [-0.4, -0.2) is 15.3 Å². The molecule has 4 nitrogen and oxygen atoms in total. The first-order chi connectivity index (χ1) is 11.6. The van der Waals surface area contributed by atoms with Crippen LogP contribution in [0.25, 0.3) is 5.65 Å². The summed E-state index contributed by atoms with van der Waals surface area (Å²) in [6.45, 7) is 1.98. The lowest BCUT2D eigenvalue weighted by Gasteiger charge is -2.56. The number of aryl methyl sites for hydroxylation is 1. The summed E-state index contributed by atoms with van der Waals surface area (Å²) >= 11 is 0. The van der Waals surface area contributed by atoms with Crippen LogP contribution in [0.5, 0.6) is 0 Å². The summed E-state index contributed by atoms with van der Waals surface area (Å²) in [7, 11) is 0. The fourth-order valence-corrected chi connectivity index (χ4v) is 6.27. The Balaban J connectivity index is 1.36. The first-order valence-electron chi connectivity index (χ1n) is 9.33. The van der Waals surface area contributed by atoms with E-state index < -0.39 is 0 Å². The molecule has 126 valence electrons. The first-order valence-corrected chi connectivity index (χ1v) is 9.33. The Morgan fingerprint density at radius 2 is 1.88 bits per heavy atom. The van der Waals surface area contributed by atoms with Crippen LogP contribution in [-0.2, 0) is 4.79 Å². The van der Waals surface area contributed by atoms with E-state index in [1.807, 2.05) is 35.7 Å². The average Bonchev–Trinajstić information content (AvgIpc) is 2.86. The Labute approximate surface area is 142 Å². The van der Waals surface area contributed by atoms with Gasteiger partial charge < -0.3 is 5.32 Å². The summed E-state index contributed by atoms with van der Waals surface area (Å²) < 4.78 is 1.98. The lowest BCUT2D eigenvalue weighted by Crippen LogP contribution is -2.47. The molecule has 0 aliphatic heterocycles. The predicted molar refractivity (Wildman–Crippen MR) is 93.8 cm³/mol. The highest BCUT2D eigenvalue weighted by Gasteiger charge is 2.51. The van der Waals surface area contributed by atoms with E-state index in [1.54, 1.807) is 0 Å². The molecule has 1 N–H and O–H groups in total. The second-order valence-electron chi connectivity index (χ2n) is 8.66. The first kappa shape index (κ1) is 14.5. The number of carbonyl (C=O) groups excluding carboxylic acids is 1. The number of hydrogen-bond acceptors (Lipinski definition) is 2. The third-order valence-corrected chi connectivity index (χ3v) is 6.58. The topological polar surface area (TPSA) is 46.4 Å². The van der Waals surface area contributed by atoms with Crippen molar-refractivity contribution in [2.45, 2.75) is 51.9 Å². The molecular formula is C20H25N3O. The Hall–Kier alpha value is -1.84. The molecule has 4 bridgehead atoms. The number of pyridine rings is 1. The average molecular weight is 323 g/mol. The number of nitrogens with one attached hydrogen (secondary N) is 1. The fourth-order valence-electron chi connectivity index (χ4n) is 6.27. The molecule has 2 aromatic heterocycles. The van der Waals surface area contributed by atoms with E-state index in [4.69, 9.17) is 0 Å². The largest absolute Gasteiger partial charge is 0.312 e. The second kappa shape index (κ2) is 5.08. The monoisotopic (exact) mass is 323 g/mol. The molecule has 6 rings (SSSR count). The summed E-state index contributed by atoms with van der Waals surface area (Å²) in [5.74, 6) is 3.69. The molecule has 4 aliphatic rings. The van der Waals surface area contributed by atoms with Crippen molar-refractivity contribution in [3.63, 3.8) is 0 Å². The van der Waals surface area contributed by atoms with E-state index in [2.05, 4.69) is 10.3 Å². The molecule has 0 saturated heterocycles. The van der Waals surface area contributed by atoms with Crippen molar-refractivity contribution >= 4 is 17.4 Å². The van der Waals surface area contributed by atoms with Gasteiger partial charge in [-0.05, 0) is 80.8 Å². The predicted octanol–water partition coefficient (Wildman–Crippen LogP) is 4.19. The van der Waals surface area contributed by atoms with E-state index in [0.717, 1.165) is 34.9 Å². The molecule has 4 aliphatic carbocycles. The molecule has 4 saturated carbocycles. The third-order valence-electron chi connectivity index (χ3n) is 6.58. The minimum atomic E-state index is 0.177. The lowest BCUT2D eigenvalue weighted by molar-refractivity contribution is -0.124. The number of hydrogen-bond donors (Lipinski definition) is 1. The maximum atomic E-state index is 12.8. The highest BCUT2D eigenvalue weighted by molar-refractivity contribution is 5.90. The van der Waals surface area contributed by atoms with E-state index in [0.29, 0.717) is 6.42 Å². The Morgan fingerprint density at radius 3 is 2.54 bits per heavy atom. The molecule has 1 amide bonds. The molecule has 0 unspecified atom stereocenters. The standard InChI is InChI=1S/C20H25N3O/c1-13-12-23-17(21-13)3-2-4-18(23)22-19(24)11-20-8-14-5-15(9-20)7-16(6-14)10-20/h2-4,12,14-16H,5-11H2,1H3,(H,22,24). The normalized spacial score (nSPS) is 34.0. The molecule has 0 spiro atoms. The van der Waals surface area contributed by atoms with Crippen LogP contribution < -0.4 is 5.32 Å². The van der Waals surface area contributed by atoms with Crippen LogP contribution in [0.2, 0.25) is 0 Å². The Morgan fingerprint density at radius 1 is 1.21 bits per heavy atom. The SMILES string of the molecule is Cc1cn2c(NC(=O)CC34CC5CC(CC(C5)C3)C4)cccc2n1. The van der Waals surface area contributed by atoms with Crippen molar-refractivity contribution in [2.24, 2.45) is 23.2 Å². The number of aromatic nitrogens is 2. The number of nitrogens with zero attached hydrogens (tertiary/aromatic N) is 2. The maximum Gasteiger partial charge on any atom is 0.226 e. The van der Waals surface area contributed by atoms with Gasteiger partial charge in [-0.2, -0.15) is 0 Å². The highest BCUT2D eigenvalue weighted by Crippen LogP contribution is 2.61. The number of imidazole rings is 1. The van der Waals surface area contributed by atoms with Gasteiger partial charge in [-0.15, -0.1) is 0 Å². The van der Waals surface area contributed by atoms with Gasteiger partial charge in [0, 0.05) is 12.6 Å². The second-order valence-corrected chi connectivity index (χ2v) is 8.66. The molecule has 0 radical (unpaired) electrons. The van der Waals surface area contributed by atoms with Crippen LogP contribution in [0, 0.1) is 30.1 Å². The zero-order chi connectivity index (χ0) is 16.3. The maximum absolute atomic E-state index is 12.8. The van der Waals surface area contributed by atoms with Crippen LogP contribution in [0.15, 0.2) is 24.4 Å². The van der Waals surface area contributed by atoms with Gasteiger partial charge in [-0.1, -0.05) is 6.07 Å². The molecule has 4 heteroatoms. The zero-order valence-electron chi connectivity index (χ0n) is 14.3. The summed E-state index contributed by atoms with van der Waals surface area (Å²) in [4.78, 5) is 17.3. The summed E-state index contributed by atoms with van der Waals surface area (Å²) in [6.07, 6.45) is 10.8. The third kappa shape index (κ3) is 2.35. The smallest absolute Gasteiger partial charge is 0.226 e. The van der Waals surface area contributed by atoms with Crippen LogP contribution in [0.1, 0.15) is 50.6 Å². The quantitative estimate of drug-likeness (QED) is 0.920. The van der Waals surface area contributed by atoms with E-state index in [-0.39, 0.29) is 11.3 Å². The Bertz CT molecular complexity index is 771. The van der Waals surface area contributed by atoms with E-state index in [1.165, 1.54) is 38.5 Å². The molecule has 4 fully saturated rings. The number of carbonyl (C=O) groups is 1. The van der Waals surface area contributed by atoms with Crippen molar-refractivity contribution in [3.05, 3.63) is 30.1 Å². The lowest BCUT2D eigenvalue weighted by atomic mass is 9.49. The molecular weight excluding hydrogens is 298 g/mol. The molecule has 0 atom stereocenters. The van der Waals surface area contributed by atoms with E-state index in [9.17, 15) is 4.79 Å². The van der Waals surface area contributed by atoms with Gasteiger partial charge in [-0.25, -0.2) is 4.98 Å². The summed E-state index contributed by atoms with van der Waals surface area (Å²) in [6, 6.07) is 5.90. The molecule has 24 heavy (non-hydrogen) atoms. The van der Waals surface area contributed by atoms with Crippen molar-refractivity contribution in [1.29, 1.82) is 0 Å². The molecule has 2 heterocycles. The summed E-state index contributed by atoms with van der Waals surface area (Å²) in [5.41, 5.74) is 2.15. The van der Waals surface area contributed by atoms with Crippen LogP contribution in [0.4, 0.5) is 5.82 Å². The van der Waals surface area contributed by atoms with Gasteiger partial charge in [0.25, 0.3) is 0 Å². The highest BCUT2D eigenvalue weighted by atomic mass is 16.1. The molecule has 2 aromatic rings. The van der Waals surface area contributed by atoms with Crippen molar-refractivity contribution in [1.82, 2.24) is 9.38 Å². The minimum absolute atomic E-state index is 0.177. The summed E-state index contributed by atoms with van der Waals surface area (Å²) in [5, 5.41) is 3.16. The zero-order valence-corrected chi connectivity index (χ0v) is 14.3. The minimum Gasteiger partial charge on any atom is -0.312 e. The van der Waals surface area contributed by atoms with E-state index >= 15 is 0 Å². The fraction of sp³-hybridized carbons (Fsp3) is 0.600. The van der Waals surface area contributed by atoms with Gasteiger partial charge in [0.1, 0.15) is 11.5 Å². The number of amides is 1. The van der Waals surface area contributed by atoms with Crippen LogP contribution >= 0.6 is 0 Å². The van der Waals surface area contributed by atoms with Gasteiger partial charge in [0.15, 0.2) is 0 Å². The van der Waals surface area contributed by atoms with Gasteiger partial charge in [0.05, 0.1) is 5.69 Å². The van der Waals surface area contributed by atoms with Crippen molar-refractivity contribution in [3.8, 4) is 0 Å². The number of fused-ring (bicyclic) bond motifs is 1. The van der Waals surface area contributed by atoms with Gasteiger partial charge in [0.2, 0.25) is 5.91 Å². The van der Waals surface area contributed by atoms with Crippen molar-refractivity contribution < 1.29 is 4.79 Å².